The lowest BCUT2D eigenvalue weighted by atomic mass is 10.1. The van der Waals surface area contributed by atoms with Gasteiger partial charge in [-0.25, -0.2) is 0 Å². The molecular weight excluding hydrogens is 242 g/mol. The van der Waals surface area contributed by atoms with Gasteiger partial charge in [0, 0.05) is 37.3 Å². The molecule has 0 spiro atoms. The number of hydrogen-bond acceptors (Lipinski definition) is 3. The highest BCUT2D eigenvalue weighted by Gasteiger charge is 2.11. The van der Waals surface area contributed by atoms with Crippen molar-refractivity contribution < 1.29 is 4.74 Å². The number of rotatable bonds is 6. The third kappa shape index (κ3) is 5.01. The zero-order chi connectivity index (χ0) is 12.6. The molecule has 0 saturated carbocycles. The first kappa shape index (κ1) is 13.9. The summed E-state index contributed by atoms with van der Waals surface area (Å²) in [5.41, 5.74) is 2.79. The van der Waals surface area contributed by atoms with Gasteiger partial charge in [0.2, 0.25) is 0 Å². The van der Waals surface area contributed by atoms with Crippen molar-refractivity contribution in [3.05, 3.63) is 35.4 Å². The van der Waals surface area contributed by atoms with Gasteiger partial charge in [0.25, 0.3) is 0 Å². The minimum absolute atomic E-state index is 0.679. The maximum atomic E-state index is 5.35. The Morgan fingerprint density at radius 2 is 2.17 bits per heavy atom. The van der Waals surface area contributed by atoms with Crippen LogP contribution in [0.25, 0.3) is 0 Å². The lowest BCUT2D eigenvalue weighted by Gasteiger charge is -2.23. The molecule has 3 heteroatoms. The summed E-state index contributed by atoms with van der Waals surface area (Å²) >= 11 is 2.01. The average molecular weight is 265 g/mol. The van der Waals surface area contributed by atoms with Crippen molar-refractivity contribution in [2.45, 2.75) is 31.6 Å². The lowest BCUT2D eigenvalue weighted by Crippen LogP contribution is -2.36. The molecule has 0 unspecified atom stereocenters. The fourth-order valence-electron chi connectivity index (χ4n) is 2.23. The van der Waals surface area contributed by atoms with Crippen LogP contribution in [0.4, 0.5) is 0 Å². The fraction of sp³-hybridized carbons (Fsp3) is 0.600. The van der Waals surface area contributed by atoms with E-state index in [1.54, 1.807) is 0 Å². The number of ether oxygens (including phenoxy) is 1. The van der Waals surface area contributed by atoms with E-state index < -0.39 is 0 Å². The Kier molecular flexibility index (Phi) is 6.05. The topological polar surface area (TPSA) is 21.3 Å². The molecule has 0 radical (unpaired) electrons. The molecule has 1 aromatic carbocycles. The van der Waals surface area contributed by atoms with Gasteiger partial charge in [-0.1, -0.05) is 29.8 Å². The summed E-state index contributed by atoms with van der Waals surface area (Å²) in [6.45, 7) is 5.12. The summed E-state index contributed by atoms with van der Waals surface area (Å²) in [6, 6.07) is 9.47. The van der Waals surface area contributed by atoms with E-state index in [9.17, 15) is 0 Å². The normalized spacial score (nSPS) is 16.9. The van der Waals surface area contributed by atoms with E-state index >= 15 is 0 Å². The van der Waals surface area contributed by atoms with Gasteiger partial charge < -0.3 is 10.1 Å². The van der Waals surface area contributed by atoms with E-state index in [1.807, 2.05) is 11.8 Å². The van der Waals surface area contributed by atoms with E-state index in [4.69, 9.17) is 4.74 Å². The summed E-state index contributed by atoms with van der Waals surface area (Å²) in [4.78, 5) is 0. The van der Waals surface area contributed by atoms with Crippen LogP contribution >= 0.6 is 11.8 Å². The highest BCUT2D eigenvalue weighted by atomic mass is 32.2. The molecule has 1 fully saturated rings. The highest BCUT2D eigenvalue weighted by molar-refractivity contribution is 7.98. The standard InChI is InChI=1S/C15H23NOS/c1-13-3-2-4-14(11-13)12-18-10-7-16-15-5-8-17-9-6-15/h2-4,11,15-16H,5-10,12H2,1H3. The third-order valence-electron chi connectivity index (χ3n) is 3.25. The smallest absolute Gasteiger partial charge is 0.0480 e. The van der Waals surface area contributed by atoms with Crippen molar-refractivity contribution in [3.63, 3.8) is 0 Å². The molecular formula is C15H23NOS. The van der Waals surface area contributed by atoms with Crippen LogP contribution in [0.15, 0.2) is 24.3 Å². The Morgan fingerprint density at radius 1 is 1.33 bits per heavy atom. The van der Waals surface area contributed by atoms with E-state index in [2.05, 4.69) is 36.5 Å². The second-order valence-electron chi connectivity index (χ2n) is 4.88. The van der Waals surface area contributed by atoms with E-state index in [1.165, 1.54) is 29.7 Å². The lowest BCUT2D eigenvalue weighted by molar-refractivity contribution is 0.0786. The molecule has 1 aliphatic rings. The minimum atomic E-state index is 0.679. The van der Waals surface area contributed by atoms with Gasteiger partial charge in [0.1, 0.15) is 0 Å². The summed E-state index contributed by atoms with van der Waals surface area (Å²) in [6.07, 6.45) is 2.34. The van der Waals surface area contributed by atoms with E-state index in [0.717, 1.165) is 25.5 Å². The number of thioether (sulfide) groups is 1. The van der Waals surface area contributed by atoms with Crippen molar-refractivity contribution in [2.75, 3.05) is 25.5 Å². The molecule has 0 atom stereocenters. The Hall–Kier alpha value is -0.510. The Morgan fingerprint density at radius 3 is 2.94 bits per heavy atom. The van der Waals surface area contributed by atoms with Crippen molar-refractivity contribution in [1.82, 2.24) is 5.32 Å². The molecule has 0 aliphatic carbocycles. The fourth-order valence-corrected chi connectivity index (χ4v) is 3.05. The van der Waals surface area contributed by atoms with Gasteiger partial charge in [-0.05, 0) is 25.3 Å². The molecule has 1 heterocycles. The molecule has 2 rings (SSSR count). The van der Waals surface area contributed by atoms with Crippen LogP contribution in [0, 0.1) is 6.92 Å². The first-order valence-electron chi connectivity index (χ1n) is 6.79. The zero-order valence-electron chi connectivity index (χ0n) is 11.2. The molecule has 0 bridgehead atoms. The molecule has 0 aromatic heterocycles. The first-order chi connectivity index (χ1) is 8.84. The minimum Gasteiger partial charge on any atom is -0.381 e. The predicted molar refractivity (Wildman–Crippen MR) is 79.2 cm³/mol. The molecule has 1 aliphatic heterocycles. The third-order valence-corrected chi connectivity index (χ3v) is 4.28. The highest BCUT2D eigenvalue weighted by Crippen LogP contribution is 2.13. The number of aryl methyl sites for hydroxylation is 1. The summed E-state index contributed by atoms with van der Waals surface area (Å²) < 4.78 is 5.35. The quantitative estimate of drug-likeness (QED) is 0.799. The molecule has 1 saturated heterocycles. The second-order valence-corrected chi connectivity index (χ2v) is 5.99. The Balaban J connectivity index is 1.55. The van der Waals surface area contributed by atoms with Gasteiger partial charge in [-0.15, -0.1) is 0 Å². The van der Waals surface area contributed by atoms with Gasteiger partial charge in [0.05, 0.1) is 0 Å². The SMILES string of the molecule is Cc1cccc(CSCCNC2CCOCC2)c1. The van der Waals surface area contributed by atoms with Crippen molar-refractivity contribution in [2.24, 2.45) is 0 Å². The van der Waals surface area contributed by atoms with E-state index in [0.29, 0.717) is 6.04 Å². The summed E-state index contributed by atoms with van der Waals surface area (Å²) in [7, 11) is 0. The number of nitrogens with one attached hydrogen (secondary N) is 1. The molecule has 1 N–H and O–H groups in total. The summed E-state index contributed by atoms with van der Waals surface area (Å²) in [5.74, 6) is 2.31. The van der Waals surface area contributed by atoms with Crippen LogP contribution < -0.4 is 5.32 Å². The second kappa shape index (κ2) is 7.82. The van der Waals surface area contributed by atoms with Crippen LogP contribution in [0.1, 0.15) is 24.0 Å². The average Bonchev–Trinajstić information content (AvgIpc) is 2.40. The first-order valence-corrected chi connectivity index (χ1v) is 7.94. The monoisotopic (exact) mass is 265 g/mol. The molecule has 2 nitrogen and oxygen atoms in total. The summed E-state index contributed by atoms with van der Waals surface area (Å²) in [5, 5.41) is 3.62. The maximum absolute atomic E-state index is 5.35. The van der Waals surface area contributed by atoms with Crippen molar-refractivity contribution >= 4 is 11.8 Å². The zero-order valence-corrected chi connectivity index (χ0v) is 12.0. The van der Waals surface area contributed by atoms with Crippen LogP contribution in [-0.2, 0) is 10.5 Å². The van der Waals surface area contributed by atoms with Gasteiger partial charge in [-0.2, -0.15) is 11.8 Å². The van der Waals surface area contributed by atoms with Gasteiger partial charge in [0.15, 0.2) is 0 Å². The largest absolute Gasteiger partial charge is 0.381 e. The van der Waals surface area contributed by atoms with E-state index in [-0.39, 0.29) is 0 Å². The Labute approximate surface area is 114 Å². The molecule has 1 aromatic rings. The Bertz CT molecular complexity index is 350. The molecule has 18 heavy (non-hydrogen) atoms. The van der Waals surface area contributed by atoms with Crippen molar-refractivity contribution in [1.29, 1.82) is 0 Å². The van der Waals surface area contributed by atoms with Crippen LogP contribution in [0.5, 0.6) is 0 Å². The van der Waals surface area contributed by atoms with Crippen LogP contribution in [-0.4, -0.2) is 31.6 Å². The predicted octanol–water partition coefficient (Wildman–Crippen LogP) is 3.00. The van der Waals surface area contributed by atoms with Gasteiger partial charge in [-0.3, -0.25) is 0 Å². The number of benzene rings is 1. The number of hydrogen-bond donors (Lipinski definition) is 1. The maximum Gasteiger partial charge on any atom is 0.0480 e. The molecule has 100 valence electrons. The van der Waals surface area contributed by atoms with Crippen LogP contribution in [0.2, 0.25) is 0 Å². The van der Waals surface area contributed by atoms with Crippen LogP contribution in [0.3, 0.4) is 0 Å². The molecule has 0 amide bonds. The van der Waals surface area contributed by atoms with Crippen molar-refractivity contribution in [3.8, 4) is 0 Å². The van der Waals surface area contributed by atoms with Gasteiger partial charge >= 0.3 is 0 Å².